The van der Waals surface area contributed by atoms with Crippen LogP contribution in [-0.2, 0) is 9.53 Å². The first kappa shape index (κ1) is 24.3. The van der Waals surface area contributed by atoms with E-state index in [2.05, 4.69) is 11.8 Å². The molecule has 0 spiro atoms. The Morgan fingerprint density at radius 2 is 2.00 bits per heavy atom. The van der Waals surface area contributed by atoms with Gasteiger partial charge in [-0.05, 0) is 30.8 Å². The Morgan fingerprint density at radius 3 is 2.64 bits per heavy atom. The van der Waals surface area contributed by atoms with Gasteiger partial charge in [0.1, 0.15) is 0 Å². The number of rotatable bonds is 12. The first-order valence-electron chi connectivity index (χ1n) is 10.4. The van der Waals surface area contributed by atoms with E-state index in [0.717, 1.165) is 43.4 Å². The van der Waals surface area contributed by atoms with E-state index in [1.165, 1.54) is 0 Å². The van der Waals surface area contributed by atoms with E-state index in [9.17, 15) is 15.0 Å². The lowest BCUT2D eigenvalue weighted by molar-refractivity contribution is -0.137. The molecular formula is C23H36O5. The molecule has 0 amide bonds. The average molecular weight is 393 g/mol. The van der Waals surface area contributed by atoms with Crippen LogP contribution in [0.4, 0.5) is 0 Å². The quantitative estimate of drug-likeness (QED) is 0.265. The predicted molar refractivity (Wildman–Crippen MR) is 110 cm³/mol. The number of methoxy groups -OCH3 is 1. The minimum Gasteiger partial charge on any atom is -0.501 e. The van der Waals surface area contributed by atoms with Crippen molar-refractivity contribution < 1.29 is 24.9 Å². The molecule has 1 rings (SSSR count). The van der Waals surface area contributed by atoms with Crippen LogP contribution < -0.4 is 0 Å². The van der Waals surface area contributed by atoms with Gasteiger partial charge >= 0.3 is 5.97 Å². The van der Waals surface area contributed by atoms with Crippen LogP contribution in [0.5, 0.6) is 0 Å². The summed E-state index contributed by atoms with van der Waals surface area (Å²) >= 11 is 0. The number of carboxylic acids is 1. The third kappa shape index (κ3) is 8.50. The monoisotopic (exact) mass is 392 g/mol. The summed E-state index contributed by atoms with van der Waals surface area (Å²) in [7, 11) is 1.63. The fourth-order valence-corrected chi connectivity index (χ4v) is 3.48. The molecule has 1 unspecified atom stereocenters. The van der Waals surface area contributed by atoms with Crippen LogP contribution in [0.3, 0.4) is 0 Å². The zero-order chi connectivity index (χ0) is 20.9. The van der Waals surface area contributed by atoms with Crippen LogP contribution in [0.15, 0.2) is 23.5 Å². The number of ether oxygens (including phenoxy) is 1. The lowest BCUT2D eigenvalue weighted by Crippen LogP contribution is -2.18. The molecule has 0 saturated heterocycles. The molecule has 0 aromatic heterocycles. The highest BCUT2D eigenvalue weighted by Crippen LogP contribution is 2.37. The smallest absolute Gasteiger partial charge is 0.303 e. The zero-order valence-corrected chi connectivity index (χ0v) is 17.5. The fourth-order valence-electron chi connectivity index (χ4n) is 3.48. The van der Waals surface area contributed by atoms with Gasteiger partial charge in [-0.25, -0.2) is 0 Å². The lowest BCUT2D eigenvalue weighted by atomic mass is 9.92. The third-order valence-electron chi connectivity index (χ3n) is 5.23. The molecule has 0 fully saturated rings. The van der Waals surface area contributed by atoms with Crippen molar-refractivity contribution >= 4 is 5.97 Å². The van der Waals surface area contributed by atoms with Crippen LogP contribution in [0.25, 0.3) is 0 Å². The van der Waals surface area contributed by atoms with E-state index in [1.807, 2.05) is 19.9 Å². The van der Waals surface area contributed by atoms with Gasteiger partial charge in [-0.3, -0.25) is 4.79 Å². The molecule has 28 heavy (non-hydrogen) atoms. The summed E-state index contributed by atoms with van der Waals surface area (Å²) in [5, 5.41) is 29.5. The molecular weight excluding hydrogens is 356 g/mol. The van der Waals surface area contributed by atoms with Crippen LogP contribution in [0, 0.1) is 23.7 Å². The SMILES string of the molecule is CCC#CCC(C)[C@H](O)/C=C/[C@@H]1C(CCCCCCC(=O)O)=C(OC)C[C@H]1O. The van der Waals surface area contributed by atoms with Crippen LogP contribution in [0.1, 0.15) is 71.6 Å². The molecule has 5 heteroatoms. The maximum absolute atomic E-state index is 10.6. The highest BCUT2D eigenvalue weighted by atomic mass is 16.5. The van der Waals surface area contributed by atoms with Crippen molar-refractivity contribution in [1.29, 1.82) is 0 Å². The van der Waals surface area contributed by atoms with E-state index in [4.69, 9.17) is 9.84 Å². The van der Waals surface area contributed by atoms with Crippen molar-refractivity contribution in [3.05, 3.63) is 23.5 Å². The summed E-state index contributed by atoms with van der Waals surface area (Å²) in [5.41, 5.74) is 1.09. The molecule has 4 atom stereocenters. The van der Waals surface area contributed by atoms with E-state index in [0.29, 0.717) is 19.3 Å². The number of hydrogen-bond donors (Lipinski definition) is 3. The number of carboxylic acid groups (broad SMARTS) is 1. The highest BCUT2D eigenvalue weighted by molar-refractivity contribution is 5.66. The van der Waals surface area contributed by atoms with Gasteiger partial charge in [0.25, 0.3) is 0 Å². The van der Waals surface area contributed by atoms with E-state index < -0.39 is 18.2 Å². The molecule has 1 aliphatic rings. The minimum atomic E-state index is -0.748. The average Bonchev–Trinajstić information content (AvgIpc) is 2.97. The Labute approximate surface area is 169 Å². The standard InChI is InChI=1S/C23H36O5/c1-4-5-8-11-17(2)20(24)15-14-18-19(22(28-3)16-21(18)25)12-9-6-7-10-13-23(26)27/h14-15,17-18,20-21,24-25H,4,6-7,9-13,16H2,1-3H3,(H,26,27)/b15-14+/t17?,18-,20-,21-/m1/s1. The van der Waals surface area contributed by atoms with Gasteiger partial charge in [-0.1, -0.05) is 38.8 Å². The molecule has 0 bridgehead atoms. The Balaban J connectivity index is 2.61. The Hall–Kier alpha value is -1.77. The van der Waals surface area contributed by atoms with Gasteiger partial charge in [0.15, 0.2) is 0 Å². The van der Waals surface area contributed by atoms with Crippen LogP contribution in [-0.4, -0.2) is 40.6 Å². The molecule has 3 N–H and O–H groups in total. The number of hydrogen-bond acceptors (Lipinski definition) is 4. The molecule has 0 radical (unpaired) electrons. The van der Waals surface area contributed by atoms with E-state index in [-0.39, 0.29) is 18.3 Å². The summed E-state index contributed by atoms with van der Waals surface area (Å²) in [4.78, 5) is 10.6. The summed E-state index contributed by atoms with van der Waals surface area (Å²) in [6.07, 6.45) is 9.02. The number of aliphatic hydroxyl groups is 2. The number of aliphatic carboxylic acids is 1. The second-order valence-corrected chi connectivity index (χ2v) is 7.52. The number of aliphatic hydroxyl groups excluding tert-OH is 2. The maximum Gasteiger partial charge on any atom is 0.303 e. The van der Waals surface area contributed by atoms with Crippen LogP contribution in [0.2, 0.25) is 0 Å². The summed E-state index contributed by atoms with van der Waals surface area (Å²) in [6.45, 7) is 3.97. The topological polar surface area (TPSA) is 87.0 Å². The number of carbonyl (C=O) groups is 1. The van der Waals surface area contributed by atoms with Gasteiger partial charge in [-0.15, -0.1) is 11.8 Å². The molecule has 0 saturated carbocycles. The van der Waals surface area contributed by atoms with E-state index in [1.54, 1.807) is 13.2 Å². The summed E-state index contributed by atoms with van der Waals surface area (Å²) < 4.78 is 5.48. The second kappa shape index (κ2) is 13.4. The normalized spacial score (nSPS) is 21.5. The summed E-state index contributed by atoms with van der Waals surface area (Å²) in [5.74, 6) is 6.08. The van der Waals surface area contributed by atoms with Gasteiger partial charge in [0.05, 0.1) is 25.1 Å². The Bertz CT molecular complexity index is 596. The van der Waals surface area contributed by atoms with Crippen molar-refractivity contribution in [3.8, 4) is 11.8 Å². The lowest BCUT2D eigenvalue weighted by Gasteiger charge is -2.17. The first-order chi connectivity index (χ1) is 13.4. The van der Waals surface area contributed by atoms with Gasteiger partial charge in [0, 0.05) is 31.6 Å². The van der Waals surface area contributed by atoms with Crippen molar-refractivity contribution in [3.63, 3.8) is 0 Å². The van der Waals surface area contributed by atoms with Crippen molar-refractivity contribution in [1.82, 2.24) is 0 Å². The largest absolute Gasteiger partial charge is 0.501 e. The highest BCUT2D eigenvalue weighted by Gasteiger charge is 2.32. The van der Waals surface area contributed by atoms with Crippen molar-refractivity contribution in [2.24, 2.45) is 11.8 Å². The zero-order valence-electron chi connectivity index (χ0n) is 17.5. The molecule has 0 aromatic rings. The third-order valence-corrected chi connectivity index (χ3v) is 5.23. The second-order valence-electron chi connectivity index (χ2n) is 7.52. The Morgan fingerprint density at radius 1 is 1.29 bits per heavy atom. The molecule has 1 aliphatic carbocycles. The molecule has 5 nitrogen and oxygen atoms in total. The number of unbranched alkanes of at least 4 members (excludes halogenated alkanes) is 3. The van der Waals surface area contributed by atoms with Crippen molar-refractivity contribution in [2.75, 3.05) is 7.11 Å². The van der Waals surface area contributed by atoms with Gasteiger partial charge < -0.3 is 20.1 Å². The van der Waals surface area contributed by atoms with Crippen LogP contribution >= 0.6 is 0 Å². The molecule has 158 valence electrons. The van der Waals surface area contributed by atoms with Crippen molar-refractivity contribution in [2.45, 2.75) is 83.8 Å². The minimum absolute atomic E-state index is 0.0393. The predicted octanol–water partition coefficient (Wildman–Crippen LogP) is 4.05. The fraction of sp³-hybridized carbons (Fsp3) is 0.696. The molecule has 0 heterocycles. The molecule has 0 aliphatic heterocycles. The van der Waals surface area contributed by atoms with Gasteiger partial charge in [-0.2, -0.15) is 0 Å². The van der Waals surface area contributed by atoms with Gasteiger partial charge in [0.2, 0.25) is 0 Å². The summed E-state index contributed by atoms with van der Waals surface area (Å²) in [6, 6.07) is 0. The first-order valence-corrected chi connectivity index (χ1v) is 10.4. The molecule has 0 aromatic carbocycles. The Kier molecular flexibility index (Phi) is 11.6. The maximum atomic E-state index is 10.6. The van der Waals surface area contributed by atoms with E-state index >= 15 is 0 Å².